The molecule has 0 amide bonds. The van der Waals surface area contributed by atoms with E-state index >= 15 is 0 Å². The molecule has 0 spiro atoms. The number of thioether (sulfide) groups is 1. The predicted molar refractivity (Wildman–Crippen MR) is 65.2 cm³/mol. The molecule has 1 N–H and O–H groups in total. The lowest BCUT2D eigenvalue weighted by atomic mass is 10.1. The molecule has 1 nitrogen and oxygen atoms in total. The second kappa shape index (κ2) is 6.31. The molecule has 0 heterocycles. The molecule has 0 aliphatic heterocycles. The summed E-state index contributed by atoms with van der Waals surface area (Å²) in [6.07, 6.45) is 0.736. The number of hydrogen-bond acceptors (Lipinski definition) is 2. The van der Waals surface area contributed by atoms with E-state index in [9.17, 15) is 13.2 Å². The fraction of sp³-hybridized carbons (Fsp3) is 0.500. The number of rotatable bonds is 5. The fourth-order valence-electron chi connectivity index (χ4n) is 1.64. The molecule has 17 heavy (non-hydrogen) atoms. The summed E-state index contributed by atoms with van der Waals surface area (Å²) in [7, 11) is 0. The molecule has 1 rings (SSSR count). The van der Waals surface area contributed by atoms with Crippen LogP contribution in [-0.2, 0) is 6.42 Å². The van der Waals surface area contributed by atoms with Crippen LogP contribution in [0, 0.1) is 0 Å². The SMILES string of the molecule is CCNC(C)Cc1cccc(SC(F)(F)F)c1. The Labute approximate surface area is 104 Å². The van der Waals surface area contributed by atoms with Crippen LogP contribution in [0.25, 0.3) is 0 Å². The Bertz CT molecular complexity index is 352. The van der Waals surface area contributed by atoms with Crippen molar-refractivity contribution in [3.63, 3.8) is 0 Å². The van der Waals surface area contributed by atoms with Gasteiger partial charge in [0.2, 0.25) is 0 Å². The molecular formula is C12H16F3NS. The normalized spacial score (nSPS) is 13.7. The Morgan fingerprint density at radius 2 is 2.06 bits per heavy atom. The molecule has 1 aromatic carbocycles. The van der Waals surface area contributed by atoms with Crippen molar-refractivity contribution in [2.75, 3.05) is 6.54 Å². The van der Waals surface area contributed by atoms with E-state index in [0.29, 0.717) is 0 Å². The quantitative estimate of drug-likeness (QED) is 0.810. The van der Waals surface area contributed by atoms with Crippen LogP contribution in [0.4, 0.5) is 13.2 Å². The lowest BCUT2D eigenvalue weighted by molar-refractivity contribution is -0.0328. The minimum atomic E-state index is -4.22. The van der Waals surface area contributed by atoms with E-state index in [0.717, 1.165) is 18.5 Å². The predicted octanol–water partition coefficient (Wildman–Crippen LogP) is 3.84. The molecule has 5 heteroatoms. The van der Waals surface area contributed by atoms with Gasteiger partial charge in [-0.15, -0.1) is 0 Å². The average Bonchev–Trinajstić information content (AvgIpc) is 2.15. The Morgan fingerprint density at radius 1 is 1.35 bits per heavy atom. The van der Waals surface area contributed by atoms with Gasteiger partial charge < -0.3 is 5.32 Å². The maximum atomic E-state index is 12.2. The van der Waals surface area contributed by atoms with Crippen molar-refractivity contribution in [2.24, 2.45) is 0 Å². The van der Waals surface area contributed by atoms with Crippen molar-refractivity contribution in [2.45, 2.75) is 36.7 Å². The van der Waals surface area contributed by atoms with Crippen molar-refractivity contribution < 1.29 is 13.2 Å². The molecule has 0 aliphatic carbocycles. The second-order valence-corrected chi connectivity index (χ2v) is 5.00. The Kier molecular flexibility index (Phi) is 5.33. The molecule has 96 valence electrons. The van der Waals surface area contributed by atoms with Crippen LogP contribution in [0.1, 0.15) is 19.4 Å². The van der Waals surface area contributed by atoms with Gasteiger partial charge in [0.15, 0.2) is 0 Å². The summed E-state index contributed by atoms with van der Waals surface area (Å²) >= 11 is -0.0651. The Hall–Kier alpha value is -0.680. The van der Waals surface area contributed by atoms with Gasteiger partial charge in [-0.1, -0.05) is 19.1 Å². The minimum absolute atomic E-state index is 0.0651. The van der Waals surface area contributed by atoms with E-state index in [1.54, 1.807) is 12.1 Å². The topological polar surface area (TPSA) is 12.0 Å². The molecule has 0 aromatic heterocycles. The minimum Gasteiger partial charge on any atom is -0.314 e. The Balaban J connectivity index is 2.66. The van der Waals surface area contributed by atoms with Crippen molar-refractivity contribution in [1.82, 2.24) is 5.32 Å². The number of benzene rings is 1. The summed E-state index contributed by atoms with van der Waals surface area (Å²) in [6.45, 7) is 4.89. The van der Waals surface area contributed by atoms with Gasteiger partial charge in [-0.3, -0.25) is 0 Å². The Morgan fingerprint density at radius 3 is 2.65 bits per heavy atom. The molecule has 1 unspecified atom stereocenters. The van der Waals surface area contributed by atoms with E-state index < -0.39 is 5.51 Å². The van der Waals surface area contributed by atoms with Crippen LogP contribution in [0.2, 0.25) is 0 Å². The van der Waals surface area contributed by atoms with Crippen molar-refractivity contribution in [3.8, 4) is 0 Å². The van der Waals surface area contributed by atoms with Crippen LogP contribution in [0.15, 0.2) is 29.2 Å². The van der Waals surface area contributed by atoms with Crippen LogP contribution >= 0.6 is 11.8 Å². The van der Waals surface area contributed by atoms with E-state index in [-0.39, 0.29) is 22.7 Å². The molecule has 1 aromatic rings. The summed E-state index contributed by atoms with van der Waals surface area (Å²) in [5.74, 6) is 0. The zero-order valence-corrected chi connectivity index (χ0v) is 10.7. The van der Waals surface area contributed by atoms with E-state index in [1.807, 2.05) is 19.9 Å². The fourth-order valence-corrected chi connectivity index (χ4v) is 2.27. The number of hydrogen-bond donors (Lipinski definition) is 1. The molecule has 0 saturated heterocycles. The first-order valence-electron chi connectivity index (χ1n) is 5.49. The van der Waals surface area contributed by atoms with Crippen LogP contribution in [0.3, 0.4) is 0 Å². The van der Waals surface area contributed by atoms with Gasteiger partial charge in [-0.05, 0) is 49.3 Å². The lowest BCUT2D eigenvalue weighted by Gasteiger charge is -2.13. The monoisotopic (exact) mass is 263 g/mol. The summed E-state index contributed by atoms with van der Waals surface area (Å²) in [5, 5.41) is 3.23. The van der Waals surface area contributed by atoms with Gasteiger partial charge in [-0.2, -0.15) is 13.2 Å². The maximum absolute atomic E-state index is 12.2. The van der Waals surface area contributed by atoms with Gasteiger partial charge in [0.05, 0.1) is 0 Å². The third kappa shape index (κ3) is 5.98. The van der Waals surface area contributed by atoms with Crippen LogP contribution in [-0.4, -0.2) is 18.1 Å². The standard InChI is InChI=1S/C12H16F3NS/c1-3-16-9(2)7-10-5-4-6-11(8-10)17-12(13,14)15/h4-6,8-9,16H,3,7H2,1-2H3. The van der Waals surface area contributed by atoms with Gasteiger partial charge in [0, 0.05) is 10.9 Å². The molecule has 1 atom stereocenters. The van der Waals surface area contributed by atoms with Crippen molar-refractivity contribution >= 4 is 11.8 Å². The highest BCUT2D eigenvalue weighted by Gasteiger charge is 2.29. The lowest BCUT2D eigenvalue weighted by Crippen LogP contribution is -2.27. The molecule has 0 aliphatic rings. The highest BCUT2D eigenvalue weighted by molar-refractivity contribution is 8.00. The molecule has 0 saturated carbocycles. The molecule has 0 fully saturated rings. The molecular weight excluding hydrogens is 247 g/mol. The van der Waals surface area contributed by atoms with E-state index in [2.05, 4.69) is 5.32 Å². The van der Waals surface area contributed by atoms with Crippen LogP contribution < -0.4 is 5.32 Å². The number of nitrogens with one attached hydrogen (secondary N) is 1. The van der Waals surface area contributed by atoms with E-state index in [1.165, 1.54) is 6.07 Å². The summed E-state index contributed by atoms with van der Waals surface area (Å²) in [4.78, 5) is 0.249. The first-order valence-corrected chi connectivity index (χ1v) is 6.30. The number of alkyl halides is 3. The highest BCUT2D eigenvalue weighted by atomic mass is 32.2. The van der Waals surface area contributed by atoms with E-state index in [4.69, 9.17) is 0 Å². The summed E-state index contributed by atoms with van der Waals surface area (Å²) in [5.41, 5.74) is -3.29. The second-order valence-electron chi connectivity index (χ2n) is 3.86. The summed E-state index contributed by atoms with van der Waals surface area (Å²) in [6, 6.07) is 6.88. The smallest absolute Gasteiger partial charge is 0.314 e. The zero-order valence-electron chi connectivity index (χ0n) is 9.84. The average molecular weight is 263 g/mol. The first-order chi connectivity index (χ1) is 7.90. The zero-order chi connectivity index (χ0) is 12.9. The first kappa shape index (κ1) is 14.4. The number of likely N-dealkylation sites (N-methyl/N-ethyl adjacent to an activating group) is 1. The van der Waals surface area contributed by atoms with Gasteiger partial charge in [0.25, 0.3) is 0 Å². The van der Waals surface area contributed by atoms with Gasteiger partial charge >= 0.3 is 5.51 Å². The maximum Gasteiger partial charge on any atom is 0.446 e. The molecule has 0 radical (unpaired) electrons. The van der Waals surface area contributed by atoms with Gasteiger partial charge in [0.1, 0.15) is 0 Å². The van der Waals surface area contributed by atoms with Gasteiger partial charge in [-0.25, -0.2) is 0 Å². The third-order valence-corrected chi connectivity index (χ3v) is 2.95. The highest BCUT2D eigenvalue weighted by Crippen LogP contribution is 2.36. The largest absolute Gasteiger partial charge is 0.446 e. The van der Waals surface area contributed by atoms with Crippen molar-refractivity contribution in [3.05, 3.63) is 29.8 Å². The molecule has 0 bridgehead atoms. The third-order valence-electron chi connectivity index (χ3n) is 2.23. The van der Waals surface area contributed by atoms with Crippen LogP contribution in [0.5, 0.6) is 0 Å². The number of halogens is 3. The summed E-state index contributed by atoms with van der Waals surface area (Å²) < 4.78 is 36.6. The van der Waals surface area contributed by atoms with Crippen molar-refractivity contribution in [1.29, 1.82) is 0 Å².